The van der Waals surface area contributed by atoms with E-state index in [1.165, 1.54) is 16.0 Å². The molecule has 0 atom stereocenters. The van der Waals surface area contributed by atoms with Crippen LogP contribution in [0.5, 0.6) is 5.75 Å². The summed E-state index contributed by atoms with van der Waals surface area (Å²) in [5, 5.41) is 12.7. The van der Waals surface area contributed by atoms with Gasteiger partial charge in [-0.25, -0.2) is 0 Å². The van der Waals surface area contributed by atoms with Crippen LogP contribution < -0.4 is 10.1 Å². The highest BCUT2D eigenvalue weighted by Gasteiger charge is 2.16. The van der Waals surface area contributed by atoms with Crippen molar-refractivity contribution in [1.29, 1.82) is 0 Å². The third kappa shape index (κ3) is 6.33. The first-order chi connectivity index (χ1) is 11.9. The predicted octanol–water partition coefficient (Wildman–Crippen LogP) is 5.00. The number of rotatable bonds is 9. The molecule has 0 spiro atoms. The van der Waals surface area contributed by atoms with E-state index in [-0.39, 0.29) is 12.1 Å². The smallest absolute Gasteiger partial charge is 0.122 e. The van der Waals surface area contributed by atoms with Crippen LogP contribution in [0, 0.1) is 0 Å². The molecule has 0 aliphatic rings. The maximum Gasteiger partial charge on any atom is 0.122 e. The molecule has 5 heteroatoms. The topological polar surface area (TPSA) is 41.5 Å². The van der Waals surface area contributed by atoms with E-state index in [2.05, 4.69) is 65.4 Å². The second-order valence-corrected chi connectivity index (χ2v) is 8.50. The van der Waals surface area contributed by atoms with Crippen LogP contribution in [-0.2, 0) is 12.3 Å². The molecule has 2 N–H and O–H groups in total. The summed E-state index contributed by atoms with van der Waals surface area (Å²) in [4.78, 5) is 1.26. The summed E-state index contributed by atoms with van der Waals surface area (Å²) in [6, 6.07) is 14.5. The molecule has 25 heavy (non-hydrogen) atoms. The molecule has 0 fully saturated rings. The number of hydrogen-bond donors (Lipinski definition) is 2. The van der Waals surface area contributed by atoms with Gasteiger partial charge in [0.05, 0.1) is 7.11 Å². The van der Waals surface area contributed by atoms with Crippen LogP contribution in [-0.4, -0.2) is 24.4 Å². The quantitative estimate of drug-likeness (QED) is 0.556. The number of ether oxygens (including phenoxy) is 1. The summed E-state index contributed by atoms with van der Waals surface area (Å²) in [5.74, 6) is 1.76. The fraction of sp³-hybridized carbons (Fsp3) is 0.400. The number of aliphatic hydroxyl groups excluding tert-OH is 1. The standard InChI is InChI=1S/C20H26BrNO2S/c1-20(2,10-11-23)22-13-15-6-4-5-7-19(15)25-14-16-12-17(21)8-9-18(16)24-3/h4-9,12,22-23H,10-11,13-14H2,1-3H3. The van der Waals surface area contributed by atoms with Gasteiger partial charge in [0.1, 0.15) is 5.75 Å². The Morgan fingerprint density at radius 1 is 1.16 bits per heavy atom. The molecule has 0 saturated heterocycles. The number of methoxy groups -OCH3 is 1. The minimum atomic E-state index is -0.0833. The minimum Gasteiger partial charge on any atom is -0.496 e. The zero-order valence-electron chi connectivity index (χ0n) is 15.0. The van der Waals surface area contributed by atoms with Gasteiger partial charge in [0.2, 0.25) is 0 Å². The molecule has 0 aromatic heterocycles. The molecular weight excluding hydrogens is 398 g/mol. The minimum absolute atomic E-state index is 0.0833. The van der Waals surface area contributed by atoms with Gasteiger partial charge in [-0.05, 0) is 50.1 Å². The lowest BCUT2D eigenvalue weighted by Crippen LogP contribution is -2.39. The molecule has 2 rings (SSSR count). The van der Waals surface area contributed by atoms with Gasteiger partial charge in [-0.2, -0.15) is 0 Å². The summed E-state index contributed by atoms with van der Waals surface area (Å²) in [5.41, 5.74) is 2.36. The first-order valence-corrected chi connectivity index (χ1v) is 10.1. The number of hydrogen-bond acceptors (Lipinski definition) is 4. The summed E-state index contributed by atoms with van der Waals surface area (Å²) < 4.78 is 6.53. The summed E-state index contributed by atoms with van der Waals surface area (Å²) in [6.07, 6.45) is 0.734. The predicted molar refractivity (Wildman–Crippen MR) is 109 cm³/mol. The van der Waals surface area contributed by atoms with E-state index >= 15 is 0 Å². The Kier molecular flexibility index (Phi) is 7.81. The molecular formula is C20H26BrNO2S. The molecule has 0 heterocycles. The van der Waals surface area contributed by atoms with Crippen molar-refractivity contribution >= 4 is 27.7 Å². The molecule has 2 aromatic carbocycles. The van der Waals surface area contributed by atoms with Gasteiger partial charge in [-0.3, -0.25) is 0 Å². The fourth-order valence-corrected chi connectivity index (χ4v) is 3.95. The van der Waals surface area contributed by atoms with E-state index in [1.54, 1.807) is 7.11 Å². The number of nitrogens with one attached hydrogen (secondary N) is 1. The van der Waals surface area contributed by atoms with Gasteiger partial charge in [0.15, 0.2) is 0 Å². The first kappa shape index (κ1) is 20.3. The van der Waals surface area contributed by atoms with Crippen molar-refractivity contribution < 1.29 is 9.84 Å². The first-order valence-electron chi connectivity index (χ1n) is 8.34. The third-order valence-electron chi connectivity index (χ3n) is 4.09. The Morgan fingerprint density at radius 2 is 1.92 bits per heavy atom. The van der Waals surface area contributed by atoms with Crippen molar-refractivity contribution in [2.45, 2.75) is 43.0 Å². The Labute approximate surface area is 163 Å². The number of halogens is 1. The van der Waals surface area contributed by atoms with E-state index in [4.69, 9.17) is 4.74 Å². The van der Waals surface area contributed by atoms with Crippen molar-refractivity contribution in [2.24, 2.45) is 0 Å². The molecule has 0 unspecified atom stereocenters. The number of benzene rings is 2. The SMILES string of the molecule is COc1ccc(Br)cc1CSc1ccccc1CNC(C)(C)CCO. The molecule has 2 aromatic rings. The Balaban J connectivity index is 2.07. The summed E-state index contributed by atoms with van der Waals surface area (Å²) in [7, 11) is 1.71. The molecule has 3 nitrogen and oxygen atoms in total. The van der Waals surface area contributed by atoms with Gasteiger partial charge in [0.25, 0.3) is 0 Å². The largest absolute Gasteiger partial charge is 0.496 e. The van der Waals surface area contributed by atoms with E-state index in [0.29, 0.717) is 0 Å². The van der Waals surface area contributed by atoms with Crippen molar-refractivity contribution in [3.05, 3.63) is 58.1 Å². The van der Waals surface area contributed by atoms with Gasteiger partial charge < -0.3 is 15.2 Å². The monoisotopic (exact) mass is 423 g/mol. The highest BCUT2D eigenvalue weighted by molar-refractivity contribution is 9.10. The van der Waals surface area contributed by atoms with Crippen molar-refractivity contribution in [2.75, 3.05) is 13.7 Å². The molecule has 0 radical (unpaired) electrons. The van der Waals surface area contributed by atoms with Crippen LogP contribution in [0.4, 0.5) is 0 Å². The van der Waals surface area contributed by atoms with Gasteiger partial charge >= 0.3 is 0 Å². The zero-order valence-corrected chi connectivity index (χ0v) is 17.4. The number of aliphatic hydroxyl groups is 1. The van der Waals surface area contributed by atoms with E-state index in [0.717, 1.165) is 28.9 Å². The lowest BCUT2D eigenvalue weighted by molar-refractivity contribution is 0.230. The second-order valence-electron chi connectivity index (χ2n) is 6.56. The molecule has 0 saturated carbocycles. The van der Waals surface area contributed by atoms with Crippen molar-refractivity contribution in [3.63, 3.8) is 0 Å². The third-order valence-corrected chi connectivity index (χ3v) is 5.75. The summed E-state index contributed by atoms with van der Waals surface area (Å²) >= 11 is 5.34. The van der Waals surface area contributed by atoms with Crippen LogP contribution in [0.15, 0.2) is 51.8 Å². The fourth-order valence-electron chi connectivity index (χ4n) is 2.51. The van der Waals surface area contributed by atoms with Crippen LogP contribution >= 0.6 is 27.7 Å². The normalized spacial score (nSPS) is 11.6. The maximum absolute atomic E-state index is 9.18. The second kappa shape index (κ2) is 9.62. The summed E-state index contributed by atoms with van der Waals surface area (Å²) in [6.45, 7) is 5.21. The highest BCUT2D eigenvalue weighted by atomic mass is 79.9. The van der Waals surface area contributed by atoms with E-state index in [9.17, 15) is 5.11 Å². The highest BCUT2D eigenvalue weighted by Crippen LogP contribution is 2.32. The zero-order chi connectivity index (χ0) is 18.3. The average molecular weight is 424 g/mol. The van der Waals surface area contributed by atoms with E-state index in [1.807, 2.05) is 23.9 Å². The van der Waals surface area contributed by atoms with Crippen LogP contribution in [0.25, 0.3) is 0 Å². The maximum atomic E-state index is 9.18. The molecule has 0 aliphatic heterocycles. The lowest BCUT2D eigenvalue weighted by Gasteiger charge is -2.26. The molecule has 0 amide bonds. The Bertz CT molecular complexity index is 691. The van der Waals surface area contributed by atoms with Gasteiger partial charge in [0, 0.05) is 39.4 Å². The van der Waals surface area contributed by atoms with Gasteiger partial charge in [-0.15, -0.1) is 11.8 Å². The van der Waals surface area contributed by atoms with Crippen LogP contribution in [0.1, 0.15) is 31.4 Å². The lowest BCUT2D eigenvalue weighted by atomic mass is 10.0. The number of thioether (sulfide) groups is 1. The van der Waals surface area contributed by atoms with E-state index < -0.39 is 0 Å². The van der Waals surface area contributed by atoms with Crippen molar-refractivity contribution in [1.82, 2.24) is 5.32 Å². The Morgan fingerprint density at radius 3 is 2.64 bits per heavy atom. The van der Waals surface area contributed by atoms with Gasteiger partial charge in [-0.1, -0.05) is 34.1 Å². The molecule has 136 valence electrons. The van der Waals surface area contributed by atoms with Crippen LogP contribution in [0.3, 0.4) is 0 Å². The average Bonchev–Trinajstić information content (AvgIpc) is 2.59. The molecule has 0 aliphatic carbocycles. The molecule has 0 bridgehead atoms. The van der Waals surface area contributed by atoms with Crippen LogP contribution in [0.2, 0.25) is 0 Å². The Hall–Kier alpha value is -1.01. The van der Waals surface area contributed by atoms with Crippen molar-refractivity contribution in [3.8, 4) is 5.75 Å².